The fraction of sp³-hybridized carbons (Fsp3) is 0.308. The van der Waals surface area contributed by atoms with Crippen molar-refractivity contribution in [3.63, 3.8) is 0 Å². The van der Waals surface area contributed by atoms with E-state index < -0.39 is 11.9 Å². The van der Waals surface area contributed by atoms with E-state index in [4.69, 9.17) is 0 Å². The lowest BCUT2D eigenvalue weighted by Crippen LogP contribution is -2.05. The molecule has 2 rings (SSSR count). The van der Waals surface area contributed by atoms with E-state index in [1.165, 1.54) is 5.56 Å². The smallest absolute Gasteiger partial charge is 0.332 e. The first kappa shape index (κ1) is 13.9. The molecule has 6 heteroatoms. The highest BCUT2D eigenvalue weighted by Crippen LogP contribution is 2.32. The molecule has 0 aliphatic carbocycles. The number of anilines is 2. The van der Waals surface area contributed by atoms with Crippen LogP contribution in [0.5, 0.6) is 0 Å². The first-order valence-electron chi connectivity index (χ1n) is 5.76. The minimum absolute atomic E-state index is 0.240. The summed E-state index contributed by atoms with van der Waals surface area (Å²) in [6.45, 7) is 4.16. The summed E-state index contributed by atoms with van der Waals surface area (Å²) in [6.07, 6.45) is -4.39. The molecule has 0 aliphatic heterocycles. The van der Waals surface area contributed by atoms with Crippen LogP contribution in [-0.4, -0.2) is 4.98 Å². The van der Waals surface area contributed by atoms with Gasteiger partial charge in [-0.2, -0.15) is 13.2 Å². The van der Waals surface area contributed by atoms with Gasteiger partial charge in [0.15, 0.2) is 10.8 Å². The second kappa shape index (κ2) is 5.21. The molecule has 0 fully saturated rings. The second-order valence-corrected chi connectivity index (χ2v) is 5.30. The lowest BCUT2D eigenvalue weighted by atomic mass is 10.0. The largest absolute Gasteiger partial charge is 0.434 e. The number of aromatic nitrogens is 1. The summed E-state index contributed by atoms with van der Waals surface area (Å²) < 4.78 is 37.2. The van der Waals surface area contributed by atoms with Crippen LogP contribution in [0.15, 0.2) is 29.6 Å². The third kappa shape index (κ3) is 3.47. The summed E-state index contributed by atoms with van der Waals surface area (Å²) in [5, 5.41) is 4.12. The van der Waals surface area contributed by atoms with Gasteiger partial charge < -0.3 is 5.32 Å². The summed E-state index contributed by atoms with van der Waals surface area (Å²) in [6, 6.07) is 7.57. The number of rotatable bonds is 3. The molecular formula is C13H13F3N2S. The third-order valence-corrected chi connectivity index (χ3v) is 3.38. The molecule has 0 bridgehead atoms. The number of benzene rings is 1. The zero-order valence-electron chi connectivity index (χ0n) is 10.5. The normalized spacial score (nSPS) is 11.9. The van der Waals surface area contributed by atoms with E-state index in [9.17, 15) is 13.2 Å². The predicted octanol–water partition coefficient (Wildman–Crippen LogP) is 5.03. The molecule has 19 heavy (non-hydrogen) atoms. The minimum Gasteiger partial charge on any atom is -0.332 e. The Bertz CT molecular complexity index is 544. The molecule has 0 spiro atoms. The van der Waals surface area contributed by atoms with Crippen LogP contribution in [0, 0.1) is 0 Å². The van der Waals surface area contributed by atoms with Crippen LogP contribution in [0.2, 0.25) is 0 Å². The van der Waals surface area contributed by atoms with Gasteiger partial charge in [-0.05, 0) is 23.6 Å². The average Bonchev–Trinajstić information content (AvgIpc) is 2.78. The van der Waals surface area contributed by atoms with Crippen LogP contribution in [0.3, 0.4) is 0 Å². The van der Waals surface area contributed by atoms with Crippen LogP contribution in [0.4, 0.5) is 24.0 Å². The van der Waals surface area contributed by atoms with Gasteiger partial charge in [-0.15, -0.1) is 11.3 Å². The Kier molecular flexibility index (Phi) is 3.80. The Morgan fingerprint density at radius 1 is 1.16 bits per heavy atom. The van der Waals surface area contributed by atoms with Crippen LogP contribution in [0.25, 0.3) is 0 Å². The third-order valence-electron chi connectivity index (χ3n) is 2.62. The molecule has 0 unspecified atom stereocenters. The molecule has 1 N–H and O–H groups in total. The molecule has 0 saturated heterocycles. The lowest BCUT2D eigenvalue weighted by molar-refractivity contribution is -0.140. The van der Waals surface area contributed by atoms with Crippen molar-refractivity contribution < 1.29 is 13.2 Å². The van der Waals surface area contributed by atoms with E-state index in [0.717, 1.165) is 22.4 Å². The molecule has 102 valence electrons. The highest BCUT2D eigenvalue weighted by Gasteiger charge is 2.33. The number of hydrogen-bond donors (Lipinski definition) is 1. The van der Waals surface area contributed by atoms with Gasteiger partial charge in [-0.1, -0.05) is 26.0 Å². The molecule has 0 aliphatic rings. The number of halogens is 3. The highest BCUT2D eigenvalue weighted by molar-refractivity contribution is 7.13. The Labute approximate surface area is 113 Å². The molecule has 0 radical (unpaired) electrons. The van der Waals surface area contributed by atoms with Gasteiger partial charge in [0.25, 0.3) is 0 Å². The van der Waals surface area contributed by atoms with Gasteiger partial charge in [0.1, 0.15) is 0 Å². The van der Waals surface area contributed by atoms with Gasteiger partial charge >= 0.3 is 6.18 Å². The number of thiazole rings is 1. The minimum atomic E-state index is -4.39. The fourth-order valence-corrected chi connectivity index (χ4v) is 2.27. The van der Waals surface area contributed by atoms with Crippen molar-refractivity contribution in [1.29, 1.82) is 0 Å². The standard InChI is InChI=1S/C13H13F3N2S/c1-8(2)9-3-5-10(6-4-9)17-12-18-11(7-19-12)13(14,15)16/h3-8H,1-2H3,(H,17,18). The Hall–Kier alpha value is -1.56. The van der Waals surface area contributed by atoms with E-state index in [-0.39, 0.29) is 5.13 Å². The molecule has 1 aromatic carbocycles. The van der Waals surface area contributed by atoms with Gasteiger partial charge in [0.05, 0.1) is 0 Å². The first-order valence-corrected chi connectivity index (χ1v) is 6.64. The summed E-state index contributed by atoms with van der Waals surface area (Å²) in [5.74, 6) is 0.422. The Balaban J connectivity index is 2.11. The van der Waals surface area contributed by atoms with Crippen LogP contribution in [0.1, 0.15) is 31.0 Å². The van der Waals surface area contributed by atoms with Gasteiger partial charge in [0, 0.05) is 11.1 Å². The maximum absolute atomic E-state index is 12.4. The molecule has 2 aromatic rings. The van der Waals surface area contributed by atoms with Crippen LogP contribution in [-0.2, 0) is 6.18 Å². The Morgan fingerprint density at radius 3 is 2.26 bits per heavy atom. The van der Waals surface area contributed by atoms with Crippen molar-refractivity contribution in [3.05, 3.63) is 40.9 Å². The maximum atomic E-state index is 12.4. The molecule has 0 amide bonds. The van der Waals surface area contributed by atoms with E-state index in [1.54, 1.807) is 0 Å². The highest BCUT2D eigenvalue weighted by atomic mass is 32.1. The van der Waals surface area contributed by atoms with Gasteiger partial charge in [0.2, 0.25) is 0 Å². The fourth-order valence-electron chi connectivity index (χ4n) is 1.54. The van der Waals surface area contributed by atoms with Crippen molar-refractivity contribution in [1.82, 2.24) is 4.98 Å². The summed E-state index contributed by atoms with van der Waals surface area (Å²) in [4.78, 5) is 3.52. The van der Waals surface area contributed by atoms with Crippen LogP contribution >= 0.6 is 11.3 Å². The summed E-state index contributed by atoms with van der Waals surface area (Å²) >= 11 is 0.940. The first-order chi connectivity index (χ1) is 8.86. The Morgan fingerprint density at radius 2 is 1.79 bits per heavy atom. The molecule has 0 atom stereocenters. The van der Waals surface area contributed by atoms with Gasteiger partial charge in [-0.25, -0.2) is 4.98 Å². The monoisotopic (exact) mass is 286 g/mol. The number of hydrogen-bond acceptors (Lipinski definition) is 3. The number of alkyl halides is 3. The van der Waals surface area contributed by atoms with Crippen molar-refractivity contribution >= 4 is 22.2 Å². The van der Waals surface area contributed by atoms with Crippen molar-refractivity contribution in [2.24, 2.45) is 0 Å². The van der Waals surface area contributed by atoms with Crippen molar-refractivity contribution in [2.45, 2.75) is 25.9 Å². The number of nitrogens with zero attached hydrogens (tertiary/aromatic N) is 1. The van der Waals surface area contributed by atoms with Crippen LogP contribution < -0.4 is 5.32 Å². The molecule has 2 nitrogen and oxygen atoms in total. The lowest BCUT2D eigenvalue weighted by Gasteiger charge is -2.07. The zero-order valence-corrected chi connectivity index (χ0v) is 11.3. The molecule has 0 saturated carbocycles. The second-order valence-electron chi connectivity index (χ2n) is 4.44. The summed E-state index contributed by atoms with van der Waals surface area (Å²) in [7, 11) is 0. The quantitative estimate of drug-likeness (QED) is 0.856. The molecule has 1 heterocycles. The van der Waals surface area contributed by atoms with E-state index in [1.807, 2.05) is 24.3 Å². The number of nitrogens with one attached hydrogen (secondary N) is 1. The van der Waals surface area contributed by atoms with E-state index >= 15 is 0 Å². The zero-order chi connectivity index (χ0) is 14.0. The SMILES string of the molecule is CC(C)c1ccc(Nc2nc(C(F)(F)F)cs2)cc1. The molecule has 1 aromatic heterocycles. The maximum Gasteiger partial charge on any atom is 0.434 e. The topological polar surface area (TPSA) is 24.9 Å². The predicted molar refractivity (Wildman–Crippen MR) is 70.9 cm³/mol. The molecular weight excluding hydrogens is 273 g/mol. The van der Waals surface area contributed by atoms with Crippen molar-refractivity contribution in [2.75, 3.05) is 5.32 Å². The summed E-state index contributed by atoms with van der Waals surface area (Å²) in [5.41, 5.74) is 1.05. The average molecular weight is 286 g/mol. The van der Waals surface area contributed by atoms with E-state index in [0.29, 0.717) is 5.92 Å². The van der Waals surface area contributed by atoms with Gasteiger partial charge in [-0.3, -0.25) is 0 Å². The van der Waals surface area contributed by atoms with Crippen molar-refractivity contribution in [3.8, 4) is 0 Å². The van der Waals surface area contributed by atoms with E-state index in [2.05, 4.69) is 24.1 Å².